The number of amides is 1. The van der Waals surface area contributed by atoms with Crippen molar-refractivity contribution in [1.82, 2.24) is 14.7 Å². The third-order valence-corrected chi connectivity index (χ3v) is 9.42. The fraction of sp³-hybridized carbons (Fsp3) is 0.281. The number of carbonyl (C=O) groups is 1. The van der Waals surface area contributed by atoms with E-state index in [2.05, 4.69) is 30.6 Å². The van der Waals surface area contributed by atoms with Crippen molar-refractivity contribution in [2.75, 3.05) is 29.0 Å². The molecule has 3 aromatic carbocycles. The lowest BCUT2D eigenvalue weighted by Gasteiger charge is -2.31. The van der Waals surface area contributed by atoms with Gasteiger partial charge in [-0.2, -0.15) is 18.2 Å². The molecule has 4 bridgehead atoms. The molecular formula is C32H33F3N6O3S. The molecule has 45 heavy (non-hydrogen) atoms. The van der Waals surface area contributed by atoms with Gasteiger partial charge in [0, 0.05) is 36.2 Å². The fourth-order valence-electron chi connectivity index (χ4n) is 5.33. The van der Waals surface area contributed by atoms with Gasteiger partial charge in [-0.1, -0.05) is 50.2 Å². The Bertz CT molecular complexity index is 1790. The van der Waals surface area contributed by atoms with Crippen LogP contribution in [0.15, 0.2) is 83.9 Å². The monoisotopic (exact) mass is 638 g/mol. The summed E-state index contributed by atoms with van der Waals surface area (Å²) < 4.78 is 68.2. The highest BCUT2D eigenvalue weighted by Crippen LogP contribution is 2.38. The number of nitrogens with one attached hydrogen (secondary N) is 4. The highest BCUT2D eigenvalue weighted by molar-refractivity contribution is 7.89. The average Bonchev–Trinajstić information content (AvgIpc) is 3.02. The number of fused-ring (bicyclic) bond motifs is 4. The normalized spacial score (nSPS) is 15.0. The molecule has 0 spiro atoms. The van der Waals surface area contributed by atoms with Gasteiger partial charge in [0.05, 0.1) is 15.9 Å². The average molecular weight is 639 g/mol. The lowest BCUT2D eigenvalue weighted by atomic mass is 9.74. The van der Waals surface area contributed by atoms with Gasteiger partial charge in [-0.15, -0.1) is 0 Å². The smallest absolute Gasteiger partial charge is 0.369 e. The number of hydrogen-bond donors (Lipinski definition) is 4. The van der Waals surface area contributed by atoms with E-state index in [1.165, 1.54) is 18.2 Å². The van der Waals surface area contributed by atoms with E-state index in [1.807, 2.05) is 0 Å². The number of anilines is 4. The molecule has 2 heterocycles. The maximum absolute atomic E-state index is 13.6. The minimum absolute atomic E-state index is 0.133. The number of sulfonamides is 1. The van der Waals surface area contributed by atoms with Gasteiger partial charge in [-0.25, -0.2) is 18.1 Å². The van der Waals surface area contributed by atoms with Crippen LogP contribution in [0, 0.1) is 0 Å². The molecule has 4 N–H and O–H groups in total. The van der Waals surface area contributed by atoms with E-state index in [0.29, 0.717) is 54.1 Å². The van der Waals surface area contributed by atoms with Crippen LogP contribution >= 0.6 is 0 Å². The van der Waals surface area contributed by atoms with Crippen LogP contribution in [0.3, 0.4) is 0 Å². The van der Waals surface area contributed by atoms with Crippen LogP contribution in [0.2, 0.25) is 0 Å². The molecule has 13 heteroatoms. The second-order valence-electron chi connectivity index (χ2n) is 10.7. The topological polar surface area (TPSA) is 125 Å². The van der Waals surface area contributed by atoms with E-state index in [0.717, 1.165) is 17.7 Å². The molecule has 4 aromatic rings. The van der Waals surface area contributed by atoms with E-state index in [9.17, 15) is 26.4 Å². The van der Waals surface area contributed by atoms with E-state index in [4.69, 9.17) is 0 Å². The Morgan fingerprint density at radius 3 is 2.36 bits per heavy atom. The maximum Gasteiger partial charge on any atom is 0.416 e. The molecule has 1 aromatic heterocycles. The Balaban J connectivity index is 1.39. The zero-order valence-electron chi connectivity index (χ0n) is 24.7. The molecular weight excluding hydrogens is 605 g/mol. The molecule has 1 amide bonds. The number of nitrogens with zero attached hydrogens (tertiary/aromatic N) is 2. The molecule has 0 saturated heterocycles. The summed E-state index contributed by atoms with van der Waals surface area (Å²) in [7, 11) is -3.67. The van der Waals surface area contributed by atoms with Crippen molar-refractivity contribution in [3.8, 4) is 11.1 Å². The molecule has 0 atom stereocenters. The third kappa shape index (κ3) is 6.94. The van der Waals surface area contributed by atoms with Crippen LogP contribution in [-0.4, -0.2) is 37.4 Å². The summed E-state index contributed by atoms with van der Waals surface area (Å²) in [5, 5.41) is 9.22. The molecule has 0 radical (unpaired) electrons. The summed E-state index contributed by atoms with van der Waals surface area (Å²) in [6.45, 7) is 4.24. The molecule has 0 saturated carbocycles. The van der Waals surface area contributed by atoms with Gasteiger partial charge in [0.15, 0.2) is 0 Å². The van der Waals surface area contributed by atoms with Crippen LogP contribution in [0.5, 0.6) is 0 Å². The van der Waals surface area contributed by atoms with Crippen molar-refractivity contribution in [1.29, 1.82) is 0 Å². The Labute approximate surface area is 259 Å². The van der Waals surface area contributed by atoms with E-state index >= 15 is 0 Å². The zero-order chi connectivity index (χ0) is 32.2. The van der Waals surface area contributed by atoms with Crippen molar-refractivity contribution in [2.45, 2.75) is 49.6 Å². The second kappa shape index (κ2) is 12.9. The van der Waals surface area contributed by atoms with Crippen molar-refractivity contribution in [2.24, 2.45) is 0 Å². The SMILES string of the molecule is CCC(CC)(C(=O)Nc1ccc(-c2cnc3nc2NCCCNS(=O)(=O)c2cccc(c2)N3)cc1)c1cccc(C(F)(F)F)c1. The summed E-state index contributed by atoms with van der Waals surface area (Å²) >= 11 is 0. The van der Waals surface area contributed by atoms with Crippen LogP contribution in [0.1, 0.15) is 44.2 Å². The number of aromatic nitrogens is 2. The molecule has 5 rings (SSSR count). The molecule has 9 nitrogen and oxygen atoms in total. The lowest BCUT2D eigenvalue weighted by Crippen LogP contribution is -2.39. The first-order chi connectivity index (χ1) is 21.4. The van der Waals surface area contributed by atoms with Gasteiger partial charge >= 0.3 is 6.18 Å². The van der Waals surface area contributed by atoms with Gasteiger partial charge < -0.3 is 16.0 Å². The lowest BCUT2D eigenvalue weighted by molar-refractivity contribution is -0.137. The number of halogens is 3. The van der Waals surface area contributed by atoms with Crippen molar-refractivity contribution in [3.63, 3.8) is 0 Å². The van der Waals surface area contributed by atoms with E-state index in [-0.39, 0.29) is 17.4 Å². The van der Waals surface area contributed by atoms with Crippen molar-refractivity contribution < 1.29 is 26.4 Å². The molecule has 1 aliphatic heterocycles. The molecule has 0 aliphatic carbocycles. The van der Waals surface area contributed by atoms with E-state index in [1.54, 1.807) is 62.5 Å². The summed E-state index contributed by atoms with van der Waals surface area (Å²) in [4.78, 5) is 22.8. The Morgan fingerprint density at radius 2 is 1.64 bits per heavy atom. The zero-order valence-corrected chi connectivity index (χ0v) is 25.5. The Morgan fingerprint density at radius 1 is 0.933 bits per heavy atom. The minimum Gasteiger partial charge on any atom is -0.369 e. The predicted octanol–water partition coefficient (Wildman–Crippen LogP) is 6.70. The Kier molecular flexibility index (Phi) is 9.12. The van der Waals surface area contributed by atoms with Gasteiger partial charge in [0.2, 0.25) is 21.9 Å². The highest BCUT2D eigenvalue weighted by atomic mass is 32.2. The summed E-state index contributed by atoms with van der Waals surface area (Å²) in [6, 6.07) is 18.3. The van der Waals surface area contributed by atoms with Crippen LogP contribution in [0.4, 0.5) is 36.3 Å². The number of hydrogen-bond acceptors (Lipinski definition) is 7. The van der Waals surface area contributed by atoms with Gasteiger partial charge in [0.25, 0.3) is 0 Å². The quantitative estimate of drug-likeness (QED) is 0.185. The van der Waals surface area contributed by atoms with Crippen LogP contribution in [-0.2, 0) is 26.4 Å². The standard InChI is InChI=1S/C32H33F3N6O3S/c1-3-31(4-2,22-8-5-9-23(18-22)32(33,34)35)29(42)39-24-14-12-21(13-15-24)27-20-37-30-40-25-10-6-11-26(19-25)45(43,44)38-17-7-16-36-28(27)41-30/h5-6,8-15,18-20,38H,3-4,7,16-17H2,1-2H3,(H,39,42)(H2,36,37,40,41). The molecule has 0 unspecified atom stereocenters. The summed E-state index contributed by atoms with van der Waals surface area (Å²) in [5.41, 5.74) is 0.805. The van der Waals surface area contributed by atoms with Gasteiger partial charge in [-0.05, 0) is 66.8 Å². The first-order valence-electron chi connectivity index (χ1n) is 14.5. The molecule has 0 fully saturated rings. The first kappa shape index (κ1) is 31.9. The summed E-state index contributed by atoms with van der Waals surface area (Å²) in [5.74, 6) is 0.415. The van der Waals surface area contributed by atoms with E-state index < -0.39 is 33.1 Å². The molecule has 236 valence electrons. The van der Waals surface area contributed by atoms with Crippen molar-refractivity contribution in [3.05, 3.63) is 90.1 Å². The summed E-state index contributed by atoms with van der Waals surface area (Å²) in [6.07, 6.45) is -1.74. The Hall–Kier alpha value is -4.49. The third-order valence-electron chi connectivity index (χ3n) is 7.97. The van der Waals surface area contributed by atoms with Crippen LogP contribution in [0.25, 0.3) is 11.1 Å². The number of rotatable bonds is 6. The first-order valence-corrected chi connectivity index (χ1v) is 16.0. The van der Waals surface area contributed by atoms with Gasteiger partial charge in [0.1, 0.15) is 5.82 Å². The number of carbonyl (C=O) groups excluding carboxylic acids is 1. The molecule has 1 aliphatic rings. The largest absolute Gasteiger partial charge is 0.416 e. The fourth-order valence-corrected chi connectivity index (χ4v) is 6.45. The maximum atomic E-state index is 13.6. The second-order valence-corrected chi connectivity index (χ2v) is 12.5. The minimum atomic E-state index is -4.52. The number of alkyl halides is 3. The predicted molar refractivity (Wildman–Crippen MR) is 168 cm³/mol. The number of benzene rings is 3. The van der Waals surface area contributed by atoms with Crippen molar-refractivity contribution >= 4 is 39.1 Å². The van der Waals surface area contributed by atoms with Gasteiger partial charge in [-0.3, -0.25) is 4.79 Å². The van der Waals surface area contributed by atoms with Crippen LogP contribution < -0.4 is 20.7 Å². The highest BCUT2D eigenvalue weighted by Gasteiger charge is 2.39.